The molecule has 1 aliphatic rings. The normalized spacial score (nSPS) is 19.7. The van der Waals surface area contributed by atoms with Crippen molar-refractivity contribution in [3.63, 3.8) is 0 Å². The molecule has 0 aromatic heterocycles. The minimum Gasteiger partial charge on any atom is -0.394 e. The van der Waals surface area contributed by atoms with E-state index >= 15 is 0 Å². The highest BCUT2D eigenvalue weighted by Gasteiger charge is 2.44. The first-order chi connectivity index (χ1) is 38.8. The van der Waals surface area contributed by atoms with Gasteiger partial charge in [0.05, 0.1) is 25.4 Å². The Bertz CT molecular complexity index is 1800. The van der Waals surface area contributed by atoms with Crippen molar-refractivity contribution < 1.29 is 39.8 Å². The van der Waals surface area contributed by atoms with Crippen LogP contribution in [0.2, 0.25) is 0 Å². The van der Waals surface area contributed by atoms with Gasteiger partial charge in [-0.25, -0.2) is 0 Å². The number of ether oxygens (including phenoxy) is 2. The van der Waals surface area contributed by atoms with Gasteiger partial charge in [0, 0.05) is 6.42 Å². The van der Waals surface area contributed by atoms with E-state index in [9.17, 15) is 30.3 Å². The number of hydrogen-bond donors (Lipinski definition) is 6. The number of nitrogens with one attached hydrogen (secondary N) is 1. The highest BCUT2D eigenvalue weighted by Crippen LogP contribution is 2.23. The summed E-state index contributed by atoms with van der Waals surface area (Å²) in [6.07, 6.45) is 83.1. The maximum Gasteiger partial charge on any atom is 0.220 e. The lowest BCUT2D eigenvalue weighted by molar-refractivity contribution is -0.302. The van der Waals surface area contributed by atoms with Crippen LogP contribution >= 0.6 is 0 Å². The van der Waals surface area contributed by atoms with Crippen molar-refractivity contribution in [1.29, 1.82) is 0 Å². The summed E-state index contributed by atoms with van der Waals surface area (Å²) in [5.41, 5.74) is 0. The number of allylic oxidation sites excluding steroid dienone is 25. The van der Waals surface area contributed by atoms with E-state index in [1.807, 2.05) is 6.08 Å². The lowest BCUT2D eigenvalue weighted by atomic mass is 9.99. The van der Waals surface area contributed by atoms with Gasteiger partial charge in [0.2, 0.25) is 5.91 Å². The molecule has 0 aliphatic carbocycles. The summed E-state index contributed by atoms with van der Waals surface area (Å²) < 4.78 is 11.2. The molecule has 1 aliphatic heterocycles. The Labute approximate surface area is 482 Å². The molecule has 0 bridgehead atoms. The summed E-state index contributed by atoms with van der Waals surface area (Å²) in [6, 6.07) is -0.849. The second kappa shape index (κ2) is 57.1. The maximum absolute atomic E-state index is 13.1. The molecule has 1 amide bonds. The first-order valence-corrected chi connectivity index (χ1v) is 31.2. The second-order valence-corrected chi connectivity index (χ2v) is 20.7. The van der Waals surface area contributed by atoms with Crippen LogP contribution in [-0.4, -0.2) is 87.5 Å². The minimum absolute atomic E-state index is 0.212. The van der Waals surface area contributed by atoms with Crippen molar-refractivity contribution in [2.45, 2.75) is 262 Å². The standard InChI is InChI=1S/C70H113NO8/c1-3-5-7-9-11-13-15-17-19-21-23-24-25-26-27-28-29-30-31-32-33-34-35-36-37-38-39-40-42-44-46-48-50-52-54-56-58-60-66(74)71-63(62-78-70-69(77)68(76)67(75)65(61-72)79-70)64(73)59-57-55-53-51-49-47-45-43-41-22-20-18-16-14-12-10-8-6-4-2/h5,7,11,13,17,19,23-24,26-27,29-30,32-33,35-36,38-39,41-44,49,51,57,59,63-65,67-70,72-73,75-77H,3-4,6,8-10,12,14-16,18,20-22,25,28,31,34,37,40,45-48,50,52-56,58,60-62H2,1-2H3,(H,71,74)/b7-5-,13-11-,19-17-,24-23-,27-26-,30-29-,33-32-,36-35-,39-38-,43-41+,44-42-,51-49+,59-57+. The van der Waals surface area contributed by atoms with E-state index in [-0.39, 0.29) is 12.5 Å². The fourth-order valence-electron chi connectivity index (χ4n) is 8.69. The minimum atomic E-state index is -1.59. The lowest BCUT2D eigenvalue weighted by Gasteiger charge is -2.40. The van der Waals surface area contributed by atoms with Crippen LogP contribution in [0.1, 0.15) is 219 Å². The average molecular weight is 1100 g/mol. The summed E-state index contributed by atoms with van der Waals surface area (Å²) in [6.45, 7) is 3.62. The van der Waals surface area contributed by atoms with Crippen LogP contribution in [0.3, 0.4) is 0 Å². The third kappa shape index (κ3) is 46.2. The number of unbranched alkanes of at least 4 members (excludes halogenated alkanes) is 17. The van der Waals surface area contributed by atoms with E-state index < -0.39 is 49.5 Å². The Morgan fingerprint density at radius 2 is 0.797 bits per heavy atom. The predicted octanol–water partition coefficient (Wildman–Crippen LogP) is 16.4. The van der Waals surface area contributed by atoms with Crippen molar-refractivity contribution in [2.75, 3.05) is 13.2 Å². The van der Waals surface area contributed by atoms with E-state index in [2.05, 4.69) is 165 Å². The molecule has 0 aromatic rings. The van der Waals surface area contributed by atoms with Crippen molar-refractivity contribution in [3.8, 4) is 0 Å². The van der Waals surface area contributed by atoms with Gasteiger partial charge in [0.15, 0.2) is 6.29 Å². The smallest absolute Gasteiger partial charge is 0.220 e. The fraction of sp³-hybridized carbons (Fsp3) is 0.614. The molecule has 7 atom stereocenters. The molecule has 1 saturated heterocycles. The number of carbonyl (C=O) groups excluding carboxylic acids is 1. The van der Waals surface area contributed by atoms with Gasteiger partial charge in [0.25, 0.3) is 0 Å². The SMILES string of the molecule is CC/C=C\C/C=C\C/C=C\C/C=C\C/C=C\C/C=C\C/C=C\C/C=C\C/C=C\C/C=C\CCCCCCCCC(=O)NC(COC1OC(CO)C(O)C(O)C1O)C(O)/C=C/CC/C=C/CC/C=C/CCCCCCCCCCC. The van der Waals surface area contributed by atoms with E-state index in [1.54, 1.807) is 6.08 Å². The van der Waals surface area contributed by atoms with Crippen LogP contribution < -0.4 is 5.32 Å². The number of aliphatic hydroxyl groups excluding tert-OH is 5. The summed E-state index contributed by atoms with van der Waals surface area (Å²) in [5.74, 6) is -0.212. The summed E-state index contributed by atoms with van der Waals surface area (Å²) in [7, 11) is 0. The third-order valence-corrected chi connectivity index (χ3v) is 13.6. The van der Waals surface area contributed by atoms with E-state index in [1.165, 1.54) is 57.8 Å². The molecule has 79 heavy (non-hydrogen) atoms. The zero-order chi connectivity index (χ0) is 57.2. The highest BCUT2D eigenvalue weighted by atomic mass is 16.7. The number of aliphatic hydroxyl groups is 5. The van der Waals surface area contributed by atoms with Gasteiger partial charge in [-0.3, -0.25) is 4.79 Å². The van der Waals surface area contributed by atoms with Crippen LogP contribution in [0.4, 0.5) is 0 Å². The van der Waals surface area contributed by atoms with Gasteiger partial charge in [-0.2, -0.15) is 0 Å². The molecular weight excluding hydrogens is 983 g/mol. The molecule has 446 valence electrons. The average Bonchev–Trinajstić information content (AvgIpc) is 3.46. The maximum atomic E-state index is 13.1. The summed E-state index contributed by atoms with van der Waals surface area (Å²) >= 11 is 0. The first-order valence-electron chi connectivity index (χ1n) is 31.2. The Balaban J connectivity index is 2.24. The number of amides is 1. The van der Waals surface area contributed by atoms with Crippen LogP contribution in [0, 0.1) is 0 Å². The second-order valence-electron chi connectivity index (χ2n) is 20.7. The Kier molecular flexibility index (Phi) is 52.6. The molecule has 6 N–H and O–H groups in total. The van der Waals surface area contributed by atoms with Crippen molar-refractivity contribution in [3.05, 3.63) is 158 Å². The number of carbonyl (C=O) groups is 1. The first kappa shape index (κ1) is 72.8. The Hall–Kier alpha value is -4.19. The van der Waals surface area contributed by atoms with E-state index in [4.69, 9.17) is 9.47 Å². The molecular formula is C70H113NO8. The molecule has 7 unspecified atom stereocenters. The van der Waals surface area contributed by atoms with Crippen LogP contribution in [-0.2, 0) is 14.3 Å². The Morgan fingerprint density at radius 1 is 0.443 bits per heavy atom. The van der Waals surface area contributed by atoms with E-state index in [0.717, 1.165) is 141 Å². The van der Waals surface area contributed by atoms with Crippen LogP contribution in [0.15, 0.2) is 158 Å². The van der Waals surface area contributed by atoms with Gasteiger partial charge in [-0.05, 0) is 122 Å². The monoisotopic (exact) mass is 1100 g/mol. The Morgan fingerprint density at radius 3 is 1.22 bits per heavy atom. The largest absolute Gasteiger partial charge is 0.394 e. The van der Waals surface area contributed by atoms with E-state index in [0.29, 0.717) is 6.42 Å². The molecule has 0 saturated carbocycles. The van der Waals surface area contributed by atoms with Crippen LogP contribution in [0.5, 0.6) is 0 Å². The van der Waals surface area contributed by atoms with Crippen molar-refractivity contribution in [1.82, 2.24) is 5.32 Å². The quantitative estimate of drug-likeness (QED) is 0.0261. The van der Waals surface area contributed by atoms with Gasteiger partial charge in [-0.1, -0.05) is 249 Å². The molecule has 0 aromatic carbocycles. The fourth-order valence-corrected chi connectivity index (χ4v) is 8.69. The van der Waals surface area contributed by atoms with Gasteiger partial charge in [-0.15, -0.1) is 0 Å². The van der Waals surface area contributed by atoms with Gasteiger partial charge in [0.1, 0.15) is 24.4 Å². The topological polar surface area (TPSA) is 149 Å². The van der Waals surface area contributed by atoms with Gasteiger partial charge >= 0.3 is 0 Å². The molecule has 0 radical (unpaired) electrons. The van der Waals surface area contributed by atoms with Crippen LogP contribution in [0.25, 0.3) is 0 Å². The predicted molar refractivity (Wildman–Crippen MR) is 336 cm³/mol. The van der Waals surface area contributed by atoms with Gasteiger partial charge < -0.3 is 40.3 Å². The number of hydrogen-bond acceptors (Lipinski definition) is 8. The molecule has 1 rings (SSSR count). The zero-order valence-corrected chi connectivity index (χ0v) is 49.6. The third-order valence-electron chi connectivity index (χ3n) is 13.6. The summed E-state index contributed by atoms with van der Waals surface area (Å²) in [4.78, 5) is 13.1. The summed E-state index contributed by atoms with van der Waals surface area (Å²) in [5, 5.41) is 54.5. The zero-order valence-electron chi connectivity index (χ0n) is 49.6. The molecule has 9 nitrogen and oxygen atoms in total. The number of rotatable bonds is 51. The molecule has 1 fully saturated rings. The van der Waals surface area contributed by atoms with Crippen molar-refractivity contribution in [2.24, 2.45) is 0 Å². The molecule has 0 spiro atoms. The molecule has 1 heterocycles. The van der Waals surface area contributed by atoms with Crippen molar-refractivity contribution >= 4 is 5.91 Å². The molecule has 9 heteroatoms. The lowest BCUT2D eigenvalue weighted by Crippen LogP contribution is -2.60. The highest BCUT2D eigenvalue weighted by molar-refractivity contribution is 5.76.